The number of hydrogen-bond donors (Lipinski definition) is 1. The van der Waals surface area contributed by atoms with Crippen LogP contribution in [0.25, 0.3) is 0 Å². The fourth-order valence-electron chi connectivity index (χ4n) is 4.26. The summed E-state index contributed by atoms with van der Waals surface area (Å²) in [5.41, 5.74) is -3.70. The fourth-order valence-corrected chi connectivity index (χ4v) is 7.88. The highest BCUT2D eigenvalue weighted by Crippen LogP contribution is 2.53. The number of nitrogens with one attached hydrogen (secondary N) is 1. The first-order chi connectivity index (χ1) is 17.3. The van der Waals surface area contributed by atoms with Gasteiger partial charge in [-0.1, -0.05) is 56.7 Å². The molecule has 10 heteroatoms. The van der Waals surface area contributed by atoms with Gasteiger partial charge in [0.05, 0.1) is 47.9 Å². The number of amides is 1. The quantitative estimate of drug-likeness (QED) is 0.298. The van der Waals surface area contributed by atoms with E-state index in [4.69, 9.17) is 0 Å². The van der Waals surface area contributed by atoms with E-state index in [0.29, 0.717) is 24.7 Å². The second-order valence-electron chi connectivity index (χ2n) is 9.31. The zero-order chi connectivity index (χ0) is 27.4. The second kappa shape index (κ2) is 12.6. The molecule has 3 aromatic rings. The molecule has 2 atom stereocenters. The molecule has 0 bridgehead atoms. The van der Waals surface area contributed by atoms with Crippen LogP contribution >= 0.6 is 7.26 Å². The Morgan fingerprint density at radius 2 is 1.24 bits per heavy atom. The first-order valence-corrected chi connectivity index (χ1v) is 14.2. The molecular formula is C28H29BrF6NOP. The van der Waals surface area contributed by atoms with Gasteiger partial charge in [-0.05, 0) is 48.4 Å². The van der Waals surface area contributed by atoms with Gasteiger partial charge in [-0.3, -0.25) is 4.79 Å². The molecule has 2 nitrogen and oxygen atoms in total. The summed E-state index contributed by atoms with van der Waals surface area (Å²) in [5.74, 6) is -1.04. The number of halogens is 7. The number of benzene rings is 3. The van der Waals surface area contributed by atoms with Gasteiger partial charge in [0.2, 0.25) is 0 Å². The van der Waals surface area contributed by atoms with Crippen molar-refractivity contribution in [1.29, 1.82) is 0 Å². The average Bonchev–Trinajstić information content (AvgIpc) is 2.87. The molecule has 0 aliphatic heterocycles. The molecule has 0 aliphatic carbocycles. The van der Waals surface area contributed by atoms with Crippen LogP contribution in [0.2, 0.25) is 0 Å². The van der Waals surface area contributed by atoms with Crippen LogP contribution in [0, 0.1) is 5.92 Å². The molecule has 206 valence electrons. The van der Waals surface area contributed by atoms with E-state index in [1.165, 1.54) is 0 Å². The summed E-state index contributed by atoms with van der Waals surface area (Å²) in [6.07, 6.45) is -8.91. The Morgan fingerprint density at radius 1 is 0.816 bits per heavy atom. The van der Waals surface area contributed by atoms with E-state index >= 15 is 0 Å². The predicted octanol–water partition coefficient (Wildman–Crippen LogP) is 4.17. The number of carbonyl (C=O) groups excluding carboxylic acids is 1. The number of carbonyl (C=O) groups is 1. The molecular weight excluding hydrogens is 591 g/mol. The third-order valence-electron chi connectivity index (χ3n) is 6.71. The van der Waals surface area contributed by atoms with Crippen LogP contribution in [0.4, 0.5) is 26.3 Å². The maximum absolute atomic E-state index is 13.3. The van der Waals surface area contributed by atoms with Crippen LogP contribution in [0.5, 0.6) is 0 Å². The highest BCUT2D eigenvalue weighted by Gasteiger charge is 2.42. The van der Waals surface area contributed by atoms with E-state index in [2.05, 4.69) is 12.0 Å². The van der Waals surface area contributed by atoms with E-state index in [9.17, 15) is 31.1 Å². The molecule has 3 rings (SSSR count). The van der Waals surface area contributed by atoms with Crippen LogP contribution in [-0.4, -0.2) is 24.8 Å². The van der Waals surface area contributed by atoms with Crippen molar-refractivity contribution in [2.75, 3.05) is 12.8 Å². The summed E-state index contributed by atoms with van der Waals surface area (Å²) in [6.45, 7) is 5.97. The van der Waals surface area contributed by atoms with E-state index in [0.717, 1.165) is 10.6 Å². The molecule has 0 aliphatic rings. The monoisotopic (exact) mass is 619 g/mol. The standard InChI is InChI=1S/C28H28F6NOP.BrH/c1-4-19(2)25(18-37(3,23-11-7-5-8-12-23)24-13-9-6-10-14-24)35-26(36)20-15-21(27(29,30)31)17-22(16-20)28(32,33)34;/h5-17,19,25H,4,18H2,1-3H3;1H/t19-,25+;/m0./s1. The SMILES string of the molecule is CC[C@H](C)[C@@H](C[P+](C)(c1ccccc1)c1ccccc1)NC(=O)c1cc(C(F)(F)F)cc(C(F)(F)F)c1.[Br-]. The van der Waals surface area contributed by atoms with Crippen LogP contribution in [-0.2, 0) is 12.4 Å². The molecule has 3 aromatic carbocycles. The first kappa shape index (κ1) is 31.8. The molecule has 0 radical (unpaired) electrons. The maximum atomic E-state index is 13.3. The third kappa shape index (κ3) is 7.60. The summed E-state index contributed by atoms with van der Waals surface area (Å²) in [6, 6.07) is 20.0. The topological polar surface area (TPSA) is 29.1 Å². The predicted molar refractivity (Wildman–Crippen MR) is 137 cm³/mol. The lowest BCUT2D eigenvalue weighted by molar-refractivity contribution is -0.143. The van der Waals surface area contributed by atoms with Crippen molar-refractivity contribution in [2.24, 2.45) is 5.92 Å². The lowest BCUT2D eigenvalue weighted by Gasteiger charge is -2.31. The van der Waals surface area contributed by atoms with Gasteiger partial charge in [0.1, 0.15) is 0 Å². The Kier molecular flexibility index (Phi) is 10.6. The molecule has 1 amide bonds. The van der Waals surface area contributed by atoms with Gasteiger partial charge in [-0.25, -0.2) is 0 Å². The Morgan fingerprint density at radius 3 is 1.61 bits per heavy atom. The highest BCUT2D eigenvalue weighted by atomic mass is 79.9. The van der Waals surface area contributed by atoms with Crippen molar-refractivity contribution in [2.45, 2.75) is 38.7 Å². The minimum absolute atomic E-state index is 0. The third-order valence-corrected chi connectivity index (χ3v) is 10.7. The van der Waals surface area contributed by atoms with Crippen LogP contribution in [0.15, 0.2) is 78.9 Å². The lowest BCUT2D eigenvalue weighted by atomic mass is 9.99. The molecule has 0 fully saturated rings. The van der Waals surface area contributed by atoms with Crippen molar-refractivity contribution < 1.29 is 48.1 Å². The molecule has 0 aromatic heterocycles. The number of rotatable bonds is 8. The Balaban J connectivity index is 0.00000507. The number of hydrogen-bond acceptors (Lipinski definition) is 1. The molecule has 0 unspecified atom stereocenters. The largest absolute Gasteiger partial charge is 1.00 e. The molecule has 0 saturated heterocycles. The van der Waals surface area contributed by atoms with Crippen molar-refractivity contribution in [1.82, 2.24) is 5.32 Å². The summed E-state index contributed by atoms with van der Waals surface area (Å²) in [7, 11) is -2.09. The minimum Gasteiger partial charge on any atom is -1.00 e. The Hall–Kier alpha value is -2.38. The minimum atomic E-state index is -5.03. The van der Waals surface area contributed by atoms with Crippen LogP contribution in [0.1, 0.15) is 41.8 Å². The average molecular weight is 620 g/mol. The van der Waals surface area contributed by atoms with Crippen molar-refractivity contribution >= 4 is 23.8 Å². The molecule has 0 spiro atoms. The highest BCUT2D eigenvalue weighted by molar-refractivity contribution is 7.89. The van der Waals surface area contributed by atoms with Gasteiger partial charge in [-0.2, -0.15) is 26.3 Å². The van der Waals surface area contributed by atoms with E-state index in [1.54, 1.807) is 0 Å². The van der Waals surface area contributed by atoms with Gasteiger partial charge < -0.3 is 22.3 Å². The zero-order valence-corrected chi connectivity index (χ0v) is 23.6. The molecule has 0 heterocycles. The Bertz CT molecular complexity index is 1130. The van der Waals surface area contributed by atoms with E-state index in [-0.39, 0.29) is 29.0 Å². The van der Waals surface area contributed by atoms with E-state index in [1.807, 2.05) is 74.5 Å². The van der Waals surface area contributed by atoms with Gasteiger partial charge in [0.25, 0.3) is 5.91 Å². The molecule has 0 saturated carbocycles. The fraction of sp³-hybridized carbons (Fsp3) is 0.321. The molecule has 38 heavy (non-hydrogen) atoms. The first-order valence-electron chi connectivity index (χ1n) is 11.8. The number of alkyl halides is 6. The van der Waals surface area contributed by atoms with Crippen LogP contribution in [0.3, 0.4) is 0 Å². The van der Waals surface area contributed by atoms with E-state index < -0.39 is 48.3 Å². The lowest BCUT2D eigenvalue weighted by Crippen LogP contribution is -3.00. The maximum Gasteiger partial charge on any atom is 0.416 e. The summed E-state index contributed by atoms with van der Waals surface area (Å²) in [5, 5.41) is 4.96. The smallest absolute Gasteiger partial charge is 0.416 e. The normalized spacial score (nSPS) is 13.8. The summed E-state index contributed by atoms with van der Waals surface area (Å²) < 4.78 is 80.1. The van der Waals surface area contributed by atoms with Gasteiger partial charge in [0, 0.05) is 5.56 Å². The summed E-state index contributed by atoms with van der Waals surface area (Å²) in [4.78, 5) is 13.2. The van der Waals surface area contributed by atoms with Crippen molar-refractivity contribution in [3.63, 3.8) is 0 Å². The van der Waals surface area contributed by atoms with Gasteiger partial charge in [0.15, 0.2) is 0 Å². The Labute approximate surface area is 229 Å². The summed E-state index contributed by atoms with van der Waals surface area (Å²) >= 11 is 0. The van der Waals surface area contributed by atoms with Crippen molar-refractivity contribution in [3.05, 3.63) is 95.6 Å². The van der Waals surface area contributed by atoms with Gasteiger partial charge >= 0.3 is 12.4 Å². The van der Waals surface area contributed by atoms with Crippen LogP contribution < -0.4 is 32.9 Å². The van der Waals surface area contributed by atoms with Crippen molar-refractivity contribution in [3.8, 4) is 0 Å². The zero-order valence-electron chi connectivity index (χ0n) is 21.1. The van der Waals surface area contributed by atoms with Gasteiger partial charge in [-0.15, -0.1) is 0 Å². The molecule has 1 N–H and O–H groups in total. The second-order valence-corrected chi connectivity index (χ2v) is 13.1.